The SMILES string of the molecule is COCCOCCCNC(=O)C1CCN(S(=O)(=O)c2ccccc2C(F)(F)F)CC1. The second-order valence-corrected chi connectivity index (χ2v) is 8.83. The minimum absolute atomic E-state index is 0.00720. The summed E-state index contributed by atoms with van der Waals surface area (Å²) in [6.07, 6.45) is -3.63. The van der Waals surface area contributed by atoms with Gasteiger partial charge in [0.2, 0.25) is 15.9 Å². The van der Waals surface area contributed by atoms with E-state index < -0.39 is 26.7 Å². The van der Waals surface area contributed by atoms with Gasteiger partial charge in [-0.05, 0) is 31.4 Å². The van der Waals surface area contributed by atoms with Gasteiger partial charge in [0.25, 0.3) is 0 Å². The van der Waals surface area contributed by atoms with Gasteiger partial charge in [-0.1, -0.05) is 12.1 Å². The molecule has 0 unspecified atom stereocenters. The monoisotopic (exact) mass is 452 g/mol. The smallest absolute Gasteiger partial charge is 0.382 e. The van der Waals surface area contributed by atoms with Crippen molar-refractivity contribution >= 4 is 15.9 Å². The average molecular weight is 452 g/mol. The molecule has 30 heavy (non-hydrogen) atoms. The fourth-order valence-electron chi connectivity index (χ4n) is 3.20. The summed E-state index contributed by atoms with van der Waals surface area (Å²) in [4.78, 5) is 11.5. The highest BCUT2D eigenvalue weighted by Gasteiger charge is 2.40. The summed E-state index contributed by atoms with van der Waals surface area (Å²) >= 11 is 0. The van der Waals surface area contributed by atoms with Crippen LogP contribution >= 0.6 is 0 Å². The Hall–Kier alpha value is -1.69. The van der Waals surface area contributed by atoms with Crippen molar-refractivity contribution in [2.75, 3.05) is 46.6 Å². The van der Waals surface area contributed by atoms with Crippen LogP contribution in [0.4, 0.5) is 13.2 Å². The summed E-state index contributed by atoms with van der Waals surface area (Å²) < 4.78 is 76.3. The van der Waals surface area contributed by atoms with Gasteiger partial charge in [-0.25, -0.2) is 8.42 Å². The molecule has 0 aliphatic carbocycles. The number of sulfonamides is 1. The number of ether oxygens (including phenoxy) is 2. The minimum atomic E-state index is -4.77. The molecule has 1 aliphatic heterocycles. The normalized spacial score (nSPS) is 16.5. The number of nitrogens with zero attached hydrogens (tertiary/aromatic N) is 1. The maximum atomic E-state index is 13.2. The number of alkyl halides is 3. The molecule has 0 atom stereocenters. The van der Waals surface area contributed by atoms with E-state index in [1.54, 1.807) is 7.11 Å². The van der Waals surface area contributed by atoms with E-state index in [1.807, 2.05) is 0 Å². The van der Waals surface area contributed by atoms with Crippen LogP contribution in [0.5, 0.6) is 0 Å². The molecule has 1 saturated heterocycles. The molecule has 170 valence electrons. The third kappa shape index (κ3) is 6.66. The first-order valence-electron chi connectivity index (χ1n) is 9.68. The number of nitrogens with one attached hydrogen (secondary N) is 1. The largest absolute Gasteiger partial charge is 0.417 e. The summed E-state index contributed by atoms with van der Waals surface area (Å²) in [6, 6.07) is 4.14. The average Bonchev–Trinajstić information content (AvgIpc) is 2.72. The van der Waals surface area contributed by atoms with E-state index in [2.05, 4.69) is 5.32 Å². The van der Waals surface area contributed by atoms with Gasteiger partial charge < -0.3 is 14.8 Å². The summed E-state index contributed by atoms with van der Waals surface area (Å²) in [6.45, 7) is 1.89. The number of carbonyl (C=O) groups is 1. The summed E-state index contributed by atoms with van der Waals surface area (Å²) in [5, 5.41) is 2.79. The number of rotatable bonds is 10. The number of benzene rings is 1. The molecule has 1 aliphatic rings. The van der Waals surface area contributed by atoms with Crippen molar-refractivity contribution in [1.82, 2.24) is 9.62 Å². The lowest BCUT2D eigenvalue weighted by atomic mass is 9.97. The van der Waals surface area contributed by atoms with Gasteiger partial charge in [-0.3, -0.25) is 4.79 Å². The molecular weight excluding hydrogens is 425 g/mol. The zero-order valence-corrected chi connectivity index (χ0v) is 17.6. The predicted molar refractivity (Wildman–Crippen MR) is 103 cm³/mol. The van der Waals surface area contributed by atoms with E-state index in [0.717, 1.165) is 22.5 Å². The first kappa shape index (κ1) is 24.6. The van der Waals surface area contributed by atoms with Crippen LogP contribution in [0.2, 0.25) is 0 Å². The standard InChI is InChI=1S/C19H27F3N2O5S/c1-28-13-14-29-12-4-9-23-18(25)15-7-10-24(11-8-15)30(26,27)17-6-3-2-5-16(17)19(20,21)22/h2-3,5-6,15H,4,7-14H2,1H3,(H,23,25). The van der Waals surface area contributed by atoms with Crippen LogP contribution in [0, 0.1) is 5.92 Å². The molecule has 7 nitrogen and oxygen atoms in total. The van der Waals surface area contributed by atoms with Gasteiger partial charge in [-0.15, -0.1) is 0 Å². The maximum absolute atomic E-state index is 13.2. The molecule has 0 spiro atoms. The second-order valence-electron chi connectivity index (χ2n) is 6.92. The summed E-state index contributed by atoms with van der Waals surface area (Å²) in [7, 11) is -2.72. The van der Waals surface area contributed by atoms with Crippen LogP contribution < -0.4 is 5.32 Å². The minimum Gasteiger partial charge on any atom is -0.382 e. The van der Waals surface area contributed by atoms with Crippen LogP contribution in [0.1, 0.15) is 24.8 Å². The lowest BCUT2D eigenvalue weighted by Gasteiger charge is -2.31. The fourth-order valence-corrected chi connectivity index (χ4v) is 4.88. The van der Waals surface area contributed by atoms with Crippen molar-refractivity contribution in [2.45, 2.75) is 30.3 Å². The van der Waals surface area contributed by atoms with Gasteiger partial charge in [0.15, 0.2) is 0 Å². The molecule has 1 fully saturated rings. The Bertz CT molecular complexity index is 794. The Morgan fingerprint density at radius 2 is 1.83 bits per heavy atom. The number of piperidine rings is 1. The molecule has 1 heterocycles. The van der Waals surface area contributed by atoms with Crippen molar-refractivity contribution in [3.8, 4) is 0 Å². The highest BCUT2D eigenvalue weighted by molar-refractivity contribution is 7.89. The molecule has 0 radical (unpaired) electrons. The summed E-state index contributed by atoms with van der Waals surface area (Å²) in [5.41, 5.74) is -1.18. The molecule has 1 N–H and O–H groups in total. The predicted octanol–water partition coefficient (Wildman–Crippen LogP) is 2.28. The van der Waals surface area contributed by atoms with E-state index in [9.17, 15) is 26.4 Å². The van der Waals surface area contributed by atoms with Crippen LogP contribution in [0.3, 0.4) is 0 Å². The molecule has 1 aromatic carbocycles. The molecule has 2 rings (SSSR count). The van der Waals surface area contributed by atoms with Crippen molar-refractivity contribution in [2.24, 2.45) is 5.92 Å². The van der Waals surface area contributed by atoms with Crippen LogP contribution in [-0.2, 0) is 30.5 Å². The maximum Gasteiger partial charge on any atom is 0.417 e. The highest BCUT2D eigenvalue weighted by atomic mass is 32.2. The van der Waals surface area contributed by atoms with Gasteiger partial charge >= 0.3 is 6.18 Å². The van der Waals surface area contributed by atoms with Crippen molar-refractivity contribution in [1.29, 1.82) is 0 Å². The van der Waals surface area contributed by atoms with Crippen molar-refractivity contribution < 1.29 is 35.9 Å². The molecule has 0 bridgehead atoms. The topological polar surface area (TPSA) is 84.9 Å². The number of hydrogen-bond acceptors (Lipinski definition) is 5. The number of carbonyl (C=O) groups excluding carboxylic acids is 1. The van der Waals surface area contributed by atoms with E-state index in [1.165, 1.54) is 6.07 Å². The number of halogens is 3. The first-order valence-corrected chi connectivity index (χ1v) is 11.1. The zero-order chi connectivity index (χ0) is 22.2. The Balaban J connectivity index is 1.86. The van der Waals surface area contributed by atoms with E-state index in [-0.39, 0.29) is 37.8 Å². The molecule has 1 amide bonds. The van der Waals surface area contributed by atoms with E-state index in [0.29, 0.717) is 32.8 Å². The Kier molecular flexibility index (Phi) is 9.08. The Labute approximate surface area is 174 Å². The van der Waals surface area contributed by atoms with Crippen molar-refractivity contribution in [3.63, 3.8) is 0 Å². The number of methoxy groups -OCH3 is 1. The quantitative estimate of drug-likeness (QED) is 0.551. The zero-order valence-electron chi connectivity index (χ0n) is 16.8. The third-order valence-electron chi connectivity index (χ3n) is 4.83. The highest BCUT2D eigenvalue weighted by Crippen LogP contribution is 2.36. The molecule has 0 aromatic heterocycles. The number of hydrogen-bond donors (Lipinski definition) is 1. The fraction of sp³-hybridized carbons (Fsp3) is 0.632. The molecule has 1 aromatic rings. The van der Waals surface area contributed by atoms with Crippen LogP contribution in [0.25, 0.3) is 0 Å². The molecular formula is C19H27F3N2O5S. The lowest BCUT2D eigenvalue weighted by Crippen LogP contribution is -2.43. The van der Waals surface area contributed by atoms with Gasteiger partial charge in [-0.2, -0.15) is 17.5 Å². The molecule has 11 heteroatoms. The van der Waals surface area contributed by atoms with E-state index in [4.69, 9.17) is 9.47 Å². The lowest BCUT2D eigenvalue weighted by molar-refractivity contribution is -0.139. The van der Waals surface area contributed by atoms with E-state index >= 15 is 0 Å². The molecule has 0 saturated carbocycles. The third-order valence-corrected chi connectivity index (χ3v) is 6.79. The van der Waals surface area contributed by atoms with Gasteiger partial charge in [0.05, 0.1) is 23.7 Å². The van der Waals surface area contributed by atoms with Crippen molar-refractivity contribution in [3.05, 3.63) is 29.8 Å². The van der Waals surface area contributed by atoms with Crippen LogP contribution in [0.15, 0.2) is 29.2 Å². The van der Waals surface area contributed by atoms with Crippen LogP contribution in [-0.4, -0.2) is 65.2 Å². The first-order chi connectivity index (χ1) is 14.2. The second kappa shape index (κ2) is 11.1. The van der Waals surface area contributed by atoms with Gasteiger partial charge in [0.1, 0.15) is 0 Å². The number of amides is 1. The Morgan fingerprint density at radius 1 is 1.17 bits per heavy atom. The summed E-state index contributed by atoms with van der Waals surface area (Å²) in [5.74, 6) is -0.552. The van der Waals surface area contributed by atoms with Gasteiger partial charge in [0, 0.05) is 39.3 Å². The Morgan fingerprint density at radius 3 is 2.47 bits per heavy atom.